The van der Waals surface area contributed by atoms with Gasteiger partial charge in [-0.1, -0.05) is 12.1 Å². The summed E-state index contributed by atoms with van der Waals surface area (Å²) in [6.07, 6.45) is 2.53. The fourth-order valence-corrected chi connectivity index (χ4v) is 2.68. The molecule has 26 heavy (non-hydrogen) atoms. The lowest BCUT2D eigenvalue weighted by atomic mass is 10.1. The molecule has 1 aliphatic carbocycles. The van der Waals surface area contributed by atoms with Crippen molar-refractivity contribution < 1.29 is 13.9 Å². The van der Waals surface area contributed by atoms with E-state index in [9.17, 15) is 9.18 Å². The van der Waals surface area contributed by atoms with Gasteiger partial charge in [0.1, 0.15) is 5.82 Å². The number of carbonyl (C=O) groups excluding carboxylic acids is 1. The van der Waals surface area contributed by atoms with Gasteiger partial charge in [-0.15, -0.1) is 0 Å². The van der Waals surface area contributed by atoms with Gasteiger partial charge in [0.2, 0.25) is 0 Å². The molecule has 144 valence electrons. The quantitative estimate of drug-likeness (QED) is 0.465. The first-order valence-electron chi connectivity index (χ1n) is 9.32. The zero-order valence-electron chi connectivity index (χ0n) is 15.6. The number of halogens is 1. The number of benzene rings is 1. The van der Waals surface area contributed by atoms with E-state index in [0.29, 0.717) is 38.0 Å². The van der Waals surface area contributed by atoms with Gasteiger partial charge < -0.3 is 20.7 Å². The number of amides is 1. The van der Waals surface area contributed by atoms with Gasteiger partial charge >= 0.3 is 6.09 Å². The van der Waals surface area contributed by atoms with E-state index >= 15 is 0 Å². The van der Waals surface area contributed by atoms with Crippen molar-refractivity contribution >= 4 is 12.1 Å². The van der Waals surface area contributed by atoms with Gasteiger partial charge in [0, 0.05) is 13.1 Å². The minimum Gasteiger partial charge on any atom is -0.450 e. The van der Waals surface area contributed by atoms with Crippen molar-refractivity contribution in [3.05, 3.63) is 35.6 Å². The molecular formula is C19H29FN4O2. The Kier molecular flexibility index (Phi) is 8.18. The monoisotopic (exact) mass is 364 g/mol. The van der Waals surface area contributed by atoms with E-state index in [4.69, 9.17) is 4.74 Å². The lowest BCUT2D eigenvalue weighted by Gasteiger charge is -2.17. The van der Waals surface area contributed by atoms with Gasteiger partial charge in [0.15, 0.2) is 5.96 Å². The smallest absolute Gasteiger partial charge is 0.407 e. The Labute approximate surface area is 154 Å². The van der Waals surface area contributed by atoms with Crippen molar-refractivity contribution in [2.24, 2.45) is 10.9 Å². The second-order valence-corrected chi connectivity index (χ2v) is 6.34. The molecule has 2 rings (SSSR count). The molecule has 6 nitrogen and oxygen atoms in total. The van der Waals surface area contributed by atoms with Crippen LogP contribution in [-0.4, -0.2) is 44.3 Å². The maximum Gasteiger partial charge on any atom is 0.407 e. The van der Waals surface area contributed by atoms with Crippen LogP contribution in [0.4, 0.5) is 9.18 Å². The van der Waals surface area contributed by atoms with Crippen molar-refractivity contribution in [3.8, 4) is 0 Å². The number of nitrogens with one attached hydrogen (secondary N) is 3. The topological polar surface area (TPSA) is 74.8 Å². The number of ether oxygens (including phenoxy) is 1. The number of alkyl carbamates (subject to hydrolysis) is 1. The molecule has 1 aromatic rings. The summed E-state index contributed by atoms with van der Waals surface area (Å²) < 4.78 is 18.2. The van der Waals surface area contributed by atoms with Crippen LogP contribution in [0.1, 0.15) is 32.3 Å². The molecule has 1 aromatic carbocycles. The predicted molar refractivity (Wildman–Crippen MR) is 101 cm³/mol. The number of guanidine groups is 1. The van der Waals surface area contributed by atoms with Gasteiger partial charge in [-0.2, -0.15) is 0 Å². The average molecular weight is 364 g/mol. The van der Waals surface area contributed by atoms with Crippen LogP contribution in [0, 0.1) is 11.7 Å². The number of hydrogen-bond acceptors (Lipinski definition) is 3. The summed E-state index contributed by atoms with van der Waals surface area (Å²) in [4.78, 5) is 16.3. The molecule has 0 saturated heterocycles. The van der Waals surface area contributed by atoms with Gasteiger partial charge in [-0.3, -0.25) is 4.99 Å². The van der Waals surface area contributed by atoms with E-state index in [1.165, 1.54) is 12.1 Å². The van der Waals surface area contributed by atoms with Crippen LogP contribution in [0.25, 0.3) is 0 Å². The molecule has 0 bridgehead atoms. The van der Waals surface area contributed by atoms with Crippen LogP contribution in [0.15, 0.2) is 29.3 Å². The minimum atomic E-state index is -0.385. The summed E-state index contributed by atoms with van der Waals surface area (Å²) >= 11 is 0. The van der Waals surface area contributed by atoms with Crippen LogP contribution in [0.3, 0.4) is 0 Å². The summed E-state index contributed by atoms with van der Waals surface area (Å²) in [6.45, 7) is 6.03. The second kappa shape index (κ2) is 10.6. The van der Waals surface area contributed by atoms with E-state index < -0.39 is 0 Å². The van der Waals surface area contributed by atoms with E-state index in [1.807, 2.05) is 13.0 Å². The summed E-state index contributed by atoms with van der Waals surface area (Å²) in [7, 11) is 0. The van der Waals surface area contributed by atoms with Gasteiger partial charge in [0.05, 0.1) is 19.2 Å². The Balaban J connectivity index is 1.84. The molecule has 0 aromatic heterocycles. The van der Waals surface area contributed by atoms with E-state index in [-0.39, 0.29) is 18.0 Å². The molecule has 0 heterocycles. The summed E-state index contributed by atoms with van der Waals surface area (Å²) in [6, 6.07) is 6.59. The maximum absolute atomic E-state index is 13.2. The molecule has 3 N–H and O–H groups in total. The highest BCUT2D eigenvalue weighted by molar-refractivity contribution is 5.79. The number of hydrogen-bond donors (Lipinski definition) is 3. The molecule has 1 amide bonds. The van der Waals surface area contributed by atoms with E-state index in [0.717, 1.165) is 24.9 Å². The van der Waals surface area contributed by atoms with Crippen molar-refractivity contribution in [1.29, 1.82) is 0 Å². The van der Waals surface area contributed by atoms with Gasteiger partial charge in [-0.25, -0.2) is 9.18 Å². The Morgan fingerprint density at radius 3 is 2.81 bits per heavy atom. The highest BCUT2D eigenvalue weighted by atomic mass is 19.1. The third kappa shape index (κ3) is 7.29. The van der Waals surface area contributed by atoms with Crippen molar-refractivity contribution in [2.45, 2.75) is 39.2 Å². The predicted octanol–water partition coefficient (Wildman–Crippen LogP) is 2.45. The molecule has 1 saturated carbocycles. The molecular weight excluding hydrogens is 335 g/mol. The maximum atomic E-state index is 13.2. The minimum absolute atomic E-state index is 0.00674. The second-order valence-electron chi connectivity index (χ2n) is 6.34. The fraction of sp³-hybridized carbons (Fsp3) is 0.579. The zero-order chi connectivity index (χ0) is 18.8. The summed E-state index contributed by atoms with van der Waals surface area (Å²) in [5, 5.41) is 9.35. The molecule has 1 unspecified atom stereocenters. The standard InChI is InChI=1S/C19H29FN4O2/c1-3-21-18(22-11-10-14-6-5-7-16(20)12-14)23-13-17(15-8-9-15)24-19(25)26-4-2/h5-7,12,15,17H,3-4,8-11,13H2,1-2H3,(H,24,25)(H2,21,22,23). The van der Waals surface area contributed by atoms with Gasteiger partial charge in [0.25, 0.3) is 0 Å². The summed E-state index contributed by atoms with van der Waals surface area (Å²) in [5.74, 6) is 0.943. The average Bonchev–Trinajstić information content (AvgIpc) is 3.43. The molecule has 0 spiro atoms. The first-order chi connectivity index (χ1) is 12.6. The third-order valence-corrected chi connectivity index (χ3v) is 4.16. The zero-order valence-corrected chi connectivity index (χ0v) is 15.6. The highest BCUT2D eigenvalue weighted by Crippen LogP contribution is 2.32. The largest absolute Gasteiger partial charge is 0.450 e. The summed E-state index contributed by atoms with van der Waals surface area (Å²) in [5.41, 5.74) is 0.938. The molecule has 0 aliphatic heterocycles. The van der Waals surface area contributed by atoms with E-state index in [2.05, 4.69) is 20.9 Å². The number of nitrogens with zero attached hydrogens (tertiary/aromatic N) is 1. The molecule has 1 aliphatic rings. The first-order valence-corrected chi connectivity index (χ1v) is 9.32. The first kappa shape index (κ1) is 20.0. The molecule has 7 heteroatoms. The molecule has 0 radical (unpaired) electrons. The lowest BCUT2D eigenvalue weighted by molar-refractivity contribution is 0.147. The SMILES string of the molecule is CCNC(=NCC(NC(=O)OCC)C1CC1)NCCc1cccc(F)c1. The number of carbonyl (C=O) groups is 1. The van der Waals surface area contributed by atoms with E-state index in [1.54, 1.807) is 13.0 Å². The number of aliphatic imine (C=N–C) groups is 1. The fourth-order valence-electron chi connectivity index (χ4n) is 2.68. The Hall–Kier alpha value is -2.31. The molecule has 1 fully saturated rings. The lowest BCUT2D eigenvalue weighted by Crippen LogP contribution is -2.42. The van der Waals surface area contributed by atoms with Crippen LogP contribution in [0.5, 0.6) is 0 Å². The Morgan fingerprint density at radius 1 is 1.35 bits per heavy atom. The molecule has 1 atom stereocenters. The normalized spacial score (nSPS) is 15.3. The third-order valence-electron chi connectivity index (χ3n) is 4.16. The van der Waals surface area contributed by atoms with Crippen LogP contribution in [0.2, 0.25) is 0 Å². The van der Waals surface area contributed by atoms with Gasteiger partial charge in [-0.05, 0) is 56.7 Å². The Bertz CT molecular complexity index is 605. The highest BCUT2D eigenvalue weighted by Gasteiger charge is 2.32. The van der Waals surface area contributed by atoms with Crippen molar-refractivity contribution in [2.75, 3.05) is 26.2 Å². The van der Waals surface area contributed by atoms with Crippen LogP contribution >= 0.6 is 0 Å². The van der Waals surface area contributed by atoms with Crippen molar-refractivity contribution in [1.82, 2.24) is 16.0 Å². The van der Waals surface area contributed by atoms with Crippen molar-refractivity contribution in [3.63, 3.8) is 0 Å². The van der Waals surface area contributed by atoms with Crippen LogP contribution in [-0.2, 0) is 11.2 Å². The Morgan fingerprint density at radius 2 is 2.15 bits per heavy atom. The van der Waals surface area contributed by atoms with Crippen LogP contribution < -0.4 is 16.0 Å². The number of rotatable bonds is 9.